The molecule has 156 valence electrons. The third-order valence-electron chi connectivity index (χ3n) is 5.21. The van der Waals surface area contributed by atoms with Gasteiger partial charge in [0.15, 0.2) is 0 Å². The number of aromatic nitrogens is 2. The molecule has 3 aromatic rings. The van der Waals surface area contributed by atoms with E-state index in [-0.39, 0.29) is 5.91 Å². The number of carbonyl (C=O) groups is 1. The summed E-state index contributed by atoms with van der Waals surface area (Å²) >= 11 is 5.93. The fourth-order valence-electron chi connectivity index (χ4n) is 3.41. The summed E-state index contributed by atoms with van der Waals surface area (Å²) in [4.78, 5) is 21.0. The number of rotatable bonds is 6. The van der Waals surface area contributed by atoms with E-state index in [2.05, 4.69) is 10.1 Å². The first-order chi connectivity index (χ1) is 14.6. The molecule has 0 atom stereocenters. The monoisotopic (exact) mass is 426 g/mol. The highest BCUT2D eigenvalue weighted by atomic mass is 35.5. The fraction of sp³-hybridized carbons (Fsp3) is 0.318. The molecule has 4 rings (SSSR count). The topological polar surface area (TPSA) is 71.7 Å². The number of piperazine rings is 1. The van der Waals surface area contributed by atoms with Crippen molar-refractivity contribution in [2.24, 2.45) is 0 Å². The van der Waals surface area contributed by atoms with Gasteiger partial charge in [0.25, 0.3) is 0 Å². The zero-order valence-electron chi connectivity index (χ0n) is 16.8. The quantitative estimate of drug-likeness (QED) is 0.598. The van der Waals surface area contributed by atoms with Crippen LogP contribution in [-0.4, -0.2) is 54.2 Å². The van der Waals surface area contributed by atoms with Gasteiger partial charge < -0.3 is 19.1 Å². The Kier molecular flexibility index (Phi) is 6.18. The van der Waals surface area contributed by atoms with Crippen LogP contribution >= 0.6 is 11.6 Å². The summed E-state index contributed by atoms with van der Waals surface area (Å²) in [5.41, 5.74) is 1.98. The van der Waals surface area contributed by atoms with E-state index in [9.17, 15) is 4.79 Å². The highest BCUT2D eigenvalue weighted by molar-refractivity contribution is 6.30. The van der Waals surface area contributed by atoms with Gasteiger partial charge in [-0.3, -0.25) is 4.79 Å². The molecule has 1 fully saturated rings. The van der Waals surface area contributed by atoms with Crippen molar-refractivity contribution in [2.75, 3.05) is 38.2 Å². The maximum Gasteiger partial charge on any atom is 0.324 e. The number of hydrogen-bond donors (Lipinski definition) is 0. The van der Waals surface area contributed by atoms with Gasteiger partial charge in [-0.25, -0.2) is 0 Å². The van der Waals surface area contributed by atoms with Crippen molar-refractivity contribution in [3.8, 4) is 17.1 Å². The molecule has 2 aromatic carbocycles. The third-order valence-corrected chi connectivity index (χ3v) is 5.46. The van der Waals surface area contributed by atoms with Gasteiger partial charge in [0, 0.05) is 43.2 Å². The van der Waals surface area contributed by atoms with Crippen LogP contribution in [0.25, 0.3) is 11.4 Å². The van der Waals surface area contributed by atoms with Crippen molar-refractivity contribution < 1.29 is 14.1 Å². The molecule has 1 aromatic heterocycles. The van der Waals surface area contributed by atoms with Gasteiger partial charge in [0.2, 0.25) is 11.7 Å². The molecule has 0 unspecified atom stereocenters. The van der Waals surface area contributed by atoms with Crippen LogP contribution in [0.4, 0.5) is 6.01 Å². The van der Waals surface area contributed by atoms with Crippen molar-refractivity contribution >= 4 is 23.5 Å². The van der Waals surface area contributed by atoms with Crippen molar-refractivity contribution in [1.82, 2.24) is 15.0 Å². The second-order valence-corrected chi connectivity index (χ2v) is 7.56. The van der Waals surface area contributed by atoms with Gasteiger partial charge in [-0.1, -0.05) is 28.9 Å². The molecule has 0 spiro atoms. The average Bonchev–Trinajstić information content (AvgIpc) is 3.29. The predicted molar refractivity (Wildman–Crippen MR) is 115 cm³/mol. The van der Waals surface area contributed by atoms with E-state index < -0.39 is 0 Å². The van der Waals surface area contributed by atoms with Gasteiger partial charge in [-0.15, -0.1) is 0 Å². The fourth-order valence-corrected chi connectivity index (χ4v) is 3.53. The number of methoxy groups -OCH3 is 1. The molecular weight excluding hydrogens is 404 g/mol. The van der Waals surface area contributed by atoms with Crippen LogP contribution in [0.5, 0.6) is 5.75 Å². The molecule has 1 saturated heterocycles. The van der Waals surface area contributed by atoms with Gasteiger partial charge in [-0.2, -0.15) is 4.98 Å². The van der Waals surface area contributed by atoms with Gasteiger partial charge in [-0.05, 0) is 48.4 Å². The predicted octanol–water partition coefficient (Wildman–Crippen LogP) is 3.68. The lowest BCUT2D eigenvalue weighted by Crippen LogP contribution is -2.49. The Balaban J connectivity index is 1.28. The smallest absolute Gasteiger partial charge is 0.324 e. The molecule has 0 saturated carbocycles. The Morgan fingerprint density at radius 1 is 1.07 bits per heavy atom. The number of anilines is 1. The van der Waals surface area contributed by atoms with Crippen LogP contribution in [0.3, 0.4) is 0 Å². The third kappa shape index (κ3) is 4.74. The summed E-state index contributed by atoms with van der Waals surface area (Å²) in [5.74, 6) is 1.51. The number of ether oxygens (including phenoxy) is 1. The first-order valence-electron chi connectivity index (χ1n) is 9.87. The average molecular weight is 427 g/mol. The molecule has 0 radical (unpaired) electrons. The second-order valence-electron chi connectivity index (χ2n) is 7.12. The lowest BCUT2D eigenvalue weighted by molar-refractivity contribution is -0.131. The van der Waals surface area contributed by atoms with Crippen molar-refractivity contribution in [2.45, 2.75) is 12.8 Å². The first kappa shape index (κ1) is 20.2. The Bertz CT molecular complexity index is 980. The number of aryl methyl sites for hydroxylation is 1. The van der Waals surface area contributed by atoms with Crippen LogP contribution < -0.4 is 9.64 Å². The van der Waals surface area contributed by atoms with Crippen LogP contribution in [0.2, 0.25) is 5.02 Å². The molecular formula is C22H23ClN4O3. The van der Waals surface area contributed by atoms with Crippen LogP contribution in [0, 0.1) is 0 Å². The number of hydrogen-bond acceptors (Lipinski definition) is 6. The Morgan fingerprint density at radius 3 is 2.43 bits per heavy atom. The highest BCUT2D eigenvalue weighted by Gasteiger charge is 2.24. The number of amides is 1. The standard InChI is InChI=1S/C22H23ClN4O3/c1-29-19-9-2-16(3-10-19)4-11-20(28)26-12-14-27(15-13-26)22-24-21(25-30-22)17-5-7-18(23)8-6-17/h2-3,5-10H,4,11-15H2,1H3. The lowest BCUT2D eigenvalue weighted by atomic mass is 10.1. The van der Waals surface area contributed by atoms with E-state index in [0.29, 0.717) is 49.5 Å². The largest absolute Gasteiger partial charge is 0.497 e. The molecule has 1 aliphatic rings. The molecule has 8 heteroatoms. The summed E-state index contributed by atoms with van der Waals surface area (Å²) in [6, 6.07) is 15.6. The summed E-state index contributed by atoms with van der Waals surface area (Å²) in [6.07, 6.45) is 1.21. The first-order valence-corrected chi connectivity index (χ1v) is 10.3. The molecule has 7 nitrogen and oxygen atoms in total. The zero-order chi connectivity index (χ0) is 20.9. The molecule has 1 aliphatic heterocycles. The maximum atomic E-state index is 12.6. The molecule has 0 bridgehead atoms. The van der Waals surface area contributed by atoms with E-state index in [1.165, 1.54) is 0 Å². The second kappa shape index (κ2) is 9.17. The van der Waals surface area contributed by atoms with Gasteiger partial charge in [0.05, 0.1) is 7.11 Å². The minimum Gasteiger partial charge on any atom is -0.497 e. The summed E-state index contributed by atoms with van der Waals surface area (Å²) in [6.45, 7) is 2.60. The van der Waals surface area contributed by atoms with Crippen molar-refractivity contribution in [3.63, 3.8) is 0 Å². The number of nitrogens with zero attached hydrogens (tertiary/aromatic N) is 4. The Morgan fingerprint density at radius 2 is 1.77 bits per heavy atom. The van der Waals surface area contributed by atoms with Crippen LogP contribution in [0.15, 0.2) is 53.1 Å². The van der Waals surface area contributed by atoms with E-state index in [4.69, 9.17) is 20.9 Å². The summed E-state index contributed by atoms with van der Waals surface area (Å²) in [7, 11) is 1.64. The van der Waals surface area contributed by atoms with Crippen LogP contribution in [0.1, 0.15) is 12.0 Å². The minimum absolute atomic E-state index is 0.165. The van der Waals surface area contributed by atoms with E-state index >= 15 is 0 Å². The van der Waals surface area contributed by atoms with E-state index in [1.807, 2.05) is 46.2 Å². The number of halogens is 1. The SMILES string of the molecule is COc1ccc(CCC(=O)N2CCN(c3nc(-c4ccc(Cl)cc4)no3)CC2)cc1. The number of carbonyl (C=O) groups excluding carboxylic acids is 1. The molecule has 30 heavy (non-hydrogen) atoms. The van der Waals surface area contributed by atoms with Crippen molar-refractivity contribution in [3.05, 3.63) is 59.1 Å². The zero-order valence-corrected chi connectivity index (χ0v) is 17.5. The Hall–Kier alpha value is -3.06. The van der Waals surface area contributed by atoms with Gasteiger partial charge in [0.1, 0.15) is 5.75 Å². The van der Waals surface area contributed by atoms with Crippen molar-refractivity contribution in [1.29, 1.82) is 0 Å². The van der Waals surface area contributed by atoms with Crippen LogP contribution in [-0.2, 0) is 11.2 Å². The van der Waals surface area contributed by atoms with E-state index in [0.717, 1.165) is 23.3 Å². The number of benzene rings is 2. The molecule has 0 aliphatic carbocycles. The Labute approximate surface area is 180 Å². The minimum atomic E-state index is 0.165. The highest BCUT2D eigenvalue weighted by Crippen LogP contribution is 2.22. The maximum absolute atomic E-state index is 12.6. The van der Waals surface area contributed by atoms with E-state index in [1.54, 1.807) is 19.2 Å². The summed E-state index contributed by atoms with van der Waals surface area (Å²) in [5, 5.41) is 4.72. The van der Waals surface area contributed by atoms with Gasteiger partial charge >= 0.3 is 6.01 Å². The molecule has 0 N–H and O–H groups in total. The summed E-state index contributed by atoms with van der Waals surface area (Å²) < 4.78 is 10.6. The molecule has 1 amide bonds. The molecule has 2 heterocycles. The normalized spacial score (nSPS) is 14.1. The lowest BCUT2D eigenvalue weighted by Gasteiger charge is -2.33.